The van der Waals surface area contributed by atoms with Crippen LogP contribution in [0.2, 0.25) is 0 Å². The third-order valence-corrected chi connectivity index (χ3v) is 5.48. The molecule has 1 aromatic heterocycles. The highest BCUT2D eigenvalue weighted by Crippen LogP contribution is 2.21. The summed E-state index contributed by atoms with van der Waals surface area (Å²) in [7, 11) is 1.56. The minimum atomic E-state index is -0.421. The summed E-state index contributed by atoms with van der Waals surface area (Å²) in [5.41, 5.74) is 0.872. The number of carbonyl (C=O) groups excluding carboxylic acids is 1. The van der Waals surface area contributed by atoms with E-state index in [1.807, 2.05) is 0 Å². The Morgan fingerprint density at radius 1 is 1.31 bits per heavy atom. The third kappa shape index (κ3) is 4.66. The van der Waals surface area contributed by atoms with E-state index in [9.17, 15) is 14.0 Å². The summed E-state index contributed by atoms with van der Waals surface area (Å²) in [6.07, 6.45) is 2.94. The van der Waals surface area contributed by atoms with Gasteiger partial charge in [0.15, 0.2) is 0 Å². The predicted molar refractivity (Wildman–Crippen MR) is 118 cm³/mol. The summed E-state index contributed by atoms with van der Waals surface area (Å²) >= 11 is 0. The van der Waals surface area contributed by atoms with Gasteiger partial charge in [-0.1, -0.05) is 0 Å². The fourth-order valence-corrected chi connectivity index (χ4v) is 3.92. The third-order valence-electron chi connectivity index (χ3n) is 5.48. The van der Waals surface area contributed by atoms with E-state index in [4.69, 9.17) is 9.47 Å². The Morgan fingerprint density at radius 3 is 2.94 bits per heavy atom. The number of rotatable bonds is 9. The van der Waals surface area contributed by atoms with Crippen LogP contribution in [-0.4, -0.2) is 67.8 Å². The van der Waals surface area contributed by atoms with Crippen LogP contribution >= 0.6 is 0 Å². The SMILES string of the molecule is COCCn1c(=O)ccc2ccc(F)c(CCNC[C@@H]3CN(C4=CN=CCN4)C(=O)O3)c21. The average Bonchev–Trinajstić information content (AvgIpc) is 3.18. The Balaban J connectivity index is 1.40. The number of pyridine rings is 1. The minimum Gasteiger partial charge on any atom is -0.443 e. The van der Waals surface area contributed by atoms with Gasteiger partial charge in [0, 0.05) is 38.0 Å². The van der Waals surface area contributed by atoms with Gasteiger partial charge in [-0.15, -0.1) is 0 Å². The molecule has 2 aromatic rings. The molecule has 1 amide bonds. The van der Waals surface area contributed by atoms with E-state index < -0.39 is 6.09 Å². The molecule has 1 saturated heterocycles. The number of hydrogen-bond acceptors (Lipinski definition) is 7. The highest BCUT2D eigenvalue weighted by atomic mass is 19.1. The lowest BCUT2D eigenvalue weighted by atomic mass is 10.1. The van der Waals surface area contributed by atoms with Crippen LogP contribution in [-0.2, 0) is 22.4 Å². The van der Waals surface area contributed by atoms with E-state index in [1.54, 1.807) is 36.2 Å². The van der Waals surface area contributed by atoms with Crippen LogP contribution in [0.15, 0.2) is 46.1 Å². The van der Waals surface area contributed by atoms with Crippen molar-refractivity contribution in [1.82, 2.24) is 20.1 Å². The van der Waals surface area contributed by atoms with E-state index in [-0.39, 0.29) is 17.5 Å². The molecule has 2 N–H and O–H groups in total. The highest BCUT2D eigenvalue weighted by molar-refractivity contribution is 5.82. The second kappa shape index (κ2) is 9.92. The second-order valence-electron chi connectivity index (χ2n) is 7.58. The number of carbonyl (C=O) groups is 1. The van der Waals surface area contributed by atoms with Crippen LogP contribution in [0.25, 0.3) is 10.9 Å². The topological polar surface area (TPSA) is 97.2 Å². The Kier molecular flexibility index (Phi) is 6.81. The van der Waals surface area contributed by atoms with E-state index in [2.05, 4.69) is 15.6 Å². The quantitative estimate of drug-likeness (QED) is 0.566. The number of halogens is 1. The fourth-order valence-electron chi connectivity index (χ4n) is 3.92. The molecule has 1 aromatic carbocycles. The Bertz CT molecular complexity index is 1110. The lowest BCUT2D eigenvalue weighted by molar-refractivity contribution is 0.133. The van der Waals surface area contributed by atoms with Crippen molar-refractivity contribution >= 4 is 23.2 Å². The van der Waals surface area contributed by atoms with Crippen molar-refractivity contribution in [2.24, 2.45) is 4.99 Å². The van der Waals surface area contributed by atoms with Crippen LogP contribution in [0, 0.1) is 5.82 Å². The van der Waals surface area contributed by atoms with E-state index >= 15 is 0 Å². The van der Waals surface area contributed by atoms with Gasteiger partial charge in [0.05, 0.1) is 31.4 Å². The van der Waals surface area contributed by atoms with Crippen LogP contribution in [0.1, 0.15) is 5.56 Å². The molecular weight excluding hydrogens is 417 g/mol. The van der Waals surface area contributed by atoms with Crippen LogP contribution in [0.4, 0.5) is 9.18 Å². The zero-order chi connectivity index (χ0) is 22.5. The van der Waals surface area contributed by atoms with Crippen molar-refractivity contribution in [3.8, 4) is 0 Å². The van der Waals surface area contributed by atoms with Gasteiger partial charge < -0.3 is 24.7 Å². The number of cyclic esters (lactones) is 1. The molecule has 170 valence electrons. The molecule has 2 aliphatic heterocycles. The number of fused-ring (bicyclic) bond motifs is 1. The number of benzene rings is 1. The van der Waals surface area contributed by atoms with Crippen LogP contribution in [0.5, 0.6) is 0 Å². The van der Waals surface area contributed by atoms with Gasteiger partial charge in [0.2, 0.25) is 0 Å². The molecule has 0 spiro atoms. The summed E-state index contributed by atoms with van der Waals surface area (Å²) in [5.74, 6) is 0.261. The first-order valence-electron chi connectivity index (χ1n) is 10.5. The summed E-state index contributed by atoms with van der Waals surface area (Å²) < 4.78 is 26.8. The number of nitrogens with one attached hydrogen (secondary N) is 2. The van der Waals surface area contributed by atoms with Gasteiger partial charge in [-0.2, -0.15) is 0 Å². The first-order valence-corrected chi connectivity index (χ1v) is 10.5. The zero-order valence-electron chi connectivity index (χ0n) is 17.8. The number of methoxy groups -OCH3 is 1. The number of aliphatic imine (C=N–C) groups is 1. The molecule has 4 rings (SSSR count). The molecule has 9 nitrogen and oxygen atoms in total. The number of amides is 1. The molecule has 0 radical (unpaired) electrons. The normalized spacial score (nSPS) is 18.1. The molecule has 0 unspecified atom stereocenters. The monoisotopic (exact) mass is 443 g/mol. The van der Waals surface area contributed by atoms with Crippen LogP contribution in [0.3, 0.4) is 0 Å². The summed E-state index contributed by atoms with van der Waals surface area (Å²) in [6, 6.07) is 6.30. The lowest BCUT2D eigenvalue weighted by Gasteiger charge is -2.19. The maximum absolute atomic E-state index is 14.7. The van der Waals surface area contributed by atoms with Crippen molar-refractivity contribution in [3.05, 3.63) is 58.0 Å². The fraction of sp³-hybridized carbons (Fsp3) is 0.409. The van der Waals surface area contributed by atoms with E-state index in [1.165, 1.54) is 17.0 Å². The summed E-state index contributed by atoms with van der Waals surface area (Å²) in [4.78, 5) is 30.1. The van der Waals surface area contributed by atoms with E-state index in [0.717, 1.165) is 5.39 Å². The Hall–Kier alpha value is -3.24. The predicted octanol–water partition coefficient (Wildman–Crippen LogP) is 1.21. The van der Waals surface area contributed by atoms with Gasteiger partial charge in [0.1, 0.15) is 17.7 Å². The van der Waals surface area contributed by atoms with Crippen LogP contribution < -0.4 is 16.2 Å². The molecule has 1 fully saturated rings. The van der Waals surface area contributed by atoms with E-state index in [0.29, 0.717) is 62.7 Å². The standard InChI is InChI=1S/C22H26FN5O4/c1-31-11-10-27-20(29)5-3-15-2-4-18(23)17(21(15)27)6-7-24-12-16-14-28(22(30)32-16)19-13-25-8-9-26-19/h2-5,8,13,16,24,26H,6-7,9-12,14H2,1H3/t16-/m1/s1. The van der Waals surface area contributed by atoms with Gasteiger partial charge in [-0.3, -0.25) is 14.7 Å². The van der Waals surface area contributed by atoms with Crippen molar-refractivity contribution < 1.29 is 18.7 Å². The lowest BCUT2D eigenvalue weighted by Crippen LogP contribution is -2.36. The largest absolute Gasteiger partial charge is 0.443 e. The summed E-state index contributed by atoms with van der Waals surface area (Å²) in [5, 5.41) is 7.12. The zero-order valence-corrected chi connectivity index (χ0v) is 17.8. The molecule has 32 heavy (non-hydrogen) atoms. The van der Waals surface area contributed by atoms with Gasteiger partial charge in [-0.25, -0.2) is 9.18 Å². The Labute approximate surface area is 184 Å². The van der Waals surface area contributed by atoms with Gasteiger partial charge in [0.25, 0.3) is 5.56 Å². The minimum absolute atomic E-state index is 0.192. The number of ether oxygens (including phenoxy) is 2. The smallest absolute Gasteiger partial charge is 0.415 e. The van der Waals surface area contributed by atoms with Gasteiger partial charge in [-0.05, 0) is 36.6 Å². The molecular formula is C22H26FN5O4. The van der Waals surface area contributed by atoms with Crippen molar-refractivity contribution in [2.45, 2.75) is 19.1 Å². The summed E-state index contributed by atoms with van der Waals surface area (Å²) in [6.45, 7) is 2.56. The molecule has 0 aliphatic carbocycles. The molecule has 1 atom stereocenters. The molecule has 10 heteroatoms. The number of hydrogen-bond donors (Lipinski definition) is 2. The maximum atomic E-state index is 14.7. The first-order chi connectivity index (χ1) is 15.6. The molecule has 2 aliphatic rings. The molecule has 3 heterocycles. The number of aromatic nitrogens is 1. The second-order valence-corrected chi connectivity index (χ2v) is 7.58. The number of nitrogens with zero attached hydrogens (tertiary/aromatic N) is 3. The first kappa shape index (κ1) is 22.0. The maximum Gasteiger partial charge on any atom is 0.415 e. The Morgan fingerprint density at radius 2 is 2.16 bits per heavy atom. The molecule has 0 saturated carbocycles. The van der Waals surface area contributed by atoms with Gasteiger partial charge >= 0.3 is 6.09 Å². The highest BCUT2D eigenvalue weighted by Gasteiger charge is 2.33. The molecule has 0 bridgehead atoms. The average molecular weight is 443 g/mol. The van der Waals surface area contributed by atoms with Crippen molar-refractivity contribution in [2.75, 3.05) is 39.9 Å². The van der Waals surface area contributed by atoms with Crippen molar-refractivity contribution in [3.63, 3.8) is 0 Å². The van der Waals surface area contributed by atoms with Crippen molar-refractivity contribution in [1.29, 1.82) is 0 Å².